The standard InChI is InChI=1S/C15H23NO2/c16-11-14-8-9-15(18-14)12-17-10-4-7-13-5-2-1-3-6-13/h1-3,5-6,14-15H,4,7-12,16H2. The average molecular weight is 249 g/mol. The number of aryl methyl sites for hydroxylation is 1. The molecule has 0 spiro atoms. The van der Waals surface area contributed by atoms with Crippen LogP contribution in [0.25, 0.3) is 0 Å². The molecule has 1 aromatic rings. The number of nitrogens with two attached hydrogens (primary N) is 1. The zero-order valence-corrected chi connectivity index (χ0v) is 10.9. The predicted octanol–water partition coefficient (Wildman–Crippen LogP) is 2.14. The maximum absolute atomic E-state index is 5.73. The van der Waals surface area contributed by atoms with E-state index >= 15 is 0 Å². The highest BCUT2D eigenvalue weighted by molar-refractivity contribution is 5.14. The van der Waals surface area contributed by atoms with Crippen molar-refractivity contribution in [3.8, 4) is 0 Å². The molecule has 0 bridgehead atoms. The van der Waals surface area contributed by atoms with Gasteiger partial charge in [-0.05, 0) is 31.2 Å². The predicted molar refractivity (Wildman–Crippen MR) is 72.5 cm³/mol. The molecule has 2 N–H and O–H groups in total. The lowest BCUT2D eigenvalue weighted by atomic mass is 10.1. The first kappa shape index (κ1) is 13.5. The van der Waals surface area contributed by atoms with Crippen LogP contribution in [0.1, 0.15) is 24.8 Å². The molecule has 0 aromatic heterocycles. The van der Waals surface area contributed by atoms with Gasteiger partial charge < -0.3 is 15.2 Å². The number of hydrogen-bond acceptors (Lipinski definition) is 3. The van der Waals surface area contributed by atoms with Gasteiger partial charge in [0.25, 0.3) is 0 Å². The van der Waals surface area contributed by atoms with Gasteiger partial charge in [-0.1, -0.05) is 30.3 Å². The molecule has 1 fully saturated rings. The molecule has 0 radical (unpaired) electrons. The van der Waals surface area contributed by atoms with E-state index in [2.05, 4.69) is 24.3 Å². The Hall–Kier alpha value is -0.900. The fourth-order valence-corrected chi connectivity index (χ4v) is 2.31. The molecule has 2 unspecified atom stereocenters. The Morgan fingerprint density at radius 3 is 2.67 bits per heavy atom. The number of ether oxygens (including phenoxy) is 2. The summed E-state index contributed by atoms with van der Waals surface area (Å²) in [6.07, 6.45) is 4.82. The van der Waals surface area contributed by atoms with Gasteiger partial charge in [0.1, 0.15) is 0 Å². The SMILES string of the molecule is NCC1CCC(COCCCc2ccccc2)O1. The van der Waals surface area contributed by atoms with E-state index in [1.165, 1.54) is 5.56 Å². The average Bonchev–Trinajstić information content (AvgIpc) is 2.87. The molecule has 0 saturated carbocycles. The minimum atomic E-state index is 0.253. The van der Waals surface area contributed by atoms with Crippen molar-refractivity contribution in [2.75, 3.05) is 19.8 Å². The lowest BCUT2D eigenvalue weighted by Crippen LogP contribution is -2.22. The highest BCUT2D eigenvalue weighted by Gasteiger charge is 2.23. The van der Waals surface area contributed by atoms with Crippen molar-refractivity contribution in [3.63, 3.8) is 0 Å². The fourth-order valence-electron chi connectivity index (χ4n) is 2.31. The van der Waals surface area contributed by atoms with Crippen molar-refractivity contribution < 1.29 is 9.47 Å². The first-order chi connectivity index (χ1) is 8.88. The quantitative estimate of drug-likeness (QED) is 0.753. The fraction of sp³-hybridized carbons (Fsp3) is 0.600. The highest BCUT2D eigenvalue weighted by atomic mass is 16.5. The third kappa shape index (κ3) is 4.41. The Balaban J connectivity index is 1.52. The van der Waals surface area contributed by atoms with E-state index in [0.29, 0.717) is 13.2 Å². The molecule has 3 nitrogen and oxygen atoms in total. The Morgan fingerprint density at radius 2 is 1.94 bits per heavy atom. The Kier molecular flexibility index (Phi) is 5.65. The van der Waals surface area contributed by atoms with Gasteiger partial charge in [0, 0.05) is 13.2 Å². The monoisotopic (exact) mass is 249 g/mol. The van der Waals surface area contributed by atoms with Gasteiger partial charge in [-0.3, -0.25) is 0 Å². The summed E-state index contributed by atoms with van der Waals surface area (Å²) in [6, 6.07) is 10.5. The zero-order valence-electron chi connectivity index (χ0n) is 10.9. The summed E-state index contributed by atoms with van der Waals surface area (Å²) in [5.41, 5.74) is 6.95. The van der Waals surface area contributed by atoms with Crippen LogP contribution in [0.2, 0.25) is 0 Å². The van der Waals surface area contributed by atoms with Gasteiger partial charge in [0.15, 0.2) is 0 Å². The molecule has 1 aliphatic rings. The van der Waals surface area contributed by atoms with E-state index in [9.17, 15) is 0 Å². The first-order valence-corrected chi connectivity index (χ1v) is 6.85. The lowest BCUT2D eigenvalue weighted by Gasteiger charge is -2.12. The van der Waals surface area contributed by atoms with Crippen LogP contribution in [-0.4, -0.2) is 32.0 Å². The zero-order chi connectivity index (χ0) is 12.6. The van der Waals surface area contributed by atoms with Gasteiger partial charge in [0.05, 0.1) is 18.8 Å². The molecular weight excluding hydrogens is 226 g/mol. The van der Waals surface area contributed by atoms with Crippen LogP contribution in [0.3, 0.4) is 0 Å². The van der Waals surface area contributed by atoms with E-state index in [1.807, 2.05) is 6.07 Å². The third-order valence-corrected chi connectivity index (χ3v) is 3.36. The van der Waals surface area contributed by atoms with Crippen LogP contribution in [-0.2, 0) is 15.9 Å². The Morgan fingerprint density at radius 1 is 1.17 bits per heavy atom. The van der Waals surface area contributed by atoms with Crippen LogP contribution in [0.4, 0.5) is 0 Å². The van der Waals surface area contributed by atoms with E-state index < -0.39 is 0 Å². The van der Waals surface area contributed by atoms with Crippen LogP contribution < -0.4 is 5.73 Å². The van der Waals surface area contributed by atoms with Crippen molar-refractivity contribution in [1.82, 2.24) is 0 Å². The largest absolute Gasteiger partial charge is 0.379 e. The van der Waals surface area contributed by atoms with Crippen molar-refractivity contribution in [2.45, 2.75) is 37.9 Å². The maximum atomic E-state index is 5.73. The summed E-state index contributed by atoms with van der Waals surface area (Å²) < 4.78 is 11.4. The van der Waals surface area contributed by atoms with Crippen LogP contribution >= 0.6 is 0 Å². The Bertz CT molecular complexity index is 329. The molecule has 1 aliphatic heterocycles. The summed E-state index contributed by atoms with van der Waals surface area (Å²) in [5.74, 6) is 0. The van der Waals surface area contributed by atoms with Gasteiger partial charge in [-0.15, -0.1) is 0 Å². The van der Waals surface area contributed by atoms with Crippen molar-refractivity contribution in [3.05, 3.63) is 35.9 Å². The second-order valence-electron chi connectivity index (χ2n) is 4.86. The molecule has 100 valence electrons. The molecule has 18 heavy (non-hydrogen) atoms. The van der Waals surface area contributed by atoms with E-state index in [4.69, 9.17) is 15.2 Å². The topological polar surface area (TPSA) is 44.5 Å². The van der Waals surface area contributed by atoms with Crippen LogP contribution in [0.5, 0.6) is 0 Å². The third-order valence-electron chi connectivity index (χ3n) is 3.36. The van der Waals surface area contributed by atoms with Crippen molar-refractivity contribution in [1.29, 1.82) is 0 Å². The second kappa shape index (κ2) is 7.52. The smallest absolute Gasteiger partial charge is 0.0813 e. The van der Waals surface area contributed by atoms with Gasteiger partial charge in [-0.25, -0.2) is 0 Å². The van der Waals surface area contributed by atoms with E-state index in [-0.39, 0.29) is 12.2 Å². The molecule has 0 amide bonds. The summed E-state index contributed by atoms with van der Waals surface area (Å²) >= 11 is 0. The molecule has 0 aliphatic carbocycles. The lowest BCUT2D eigenvalue weighted by molar-refractivity contribution is -0.0123. The van der Waals surface area contributed by atoms with Gasteiger partial charge in [0.2, 0.25) is 0 Å². The van der Waals surface area contributed by atoms with Crippen molar-refractivity contribution >= 4 is 0 Å². The van der Waals surface area contributed by atoms with Crippen LogP contribution in [0, 0.1) is 0 Å². The normalized spacial score (nSPS) is 23.4. The van der Waals surface area contributed by atoms with E-state index in [1.54, 1.807) is 0 Å². The summed E-state index contributed by atoms with van der Waals surface area (Å²) in [6.45, 7) is 2.15. The summed E-state index contributed by atoms with van der Waals surface area (Å²) in [4.78, 5) is 0. The number of benzene rings is 1. The molecular formula is C15H23NO2. The second-order valence-corrected chi connectivity index (χ2v) is 4.86. The number of rotatable bonds is 7. The maximum Gasteiger partial charge on any atom is 0.0813 e. The summed E-state index contributed by atoms with van der Waals surface area (Å²) in [5, 5.41) is 0. The van der Waals surface area contributed by atoms with Gasteiger partial charge >= 0.3 is 0 Å². The Labute approximate surface area is 109 Å². The van der Waals surface area contributed by atoms with Crippen molar-refractivity contribution in [2.24, 2.45) is 5.73 Å². The minimum absolute atomic E-state index is 0.253. The number of hydrogen-bond donors (Lipinski definition) is 1. The minimum Gasteiger partial charge on any atom is -0.379 e. The molecule has 2 atom stereocenters. The molecule has 1 aromatic carbocycles. The van der Waals surface area contributed by atoms with E-state index in [0.717, 1.165) is 32.3 Å². The van der Waals surface area contributed by atoms with Gasteiger partial charge in [-0.2, -0.15) is 0 Å². The molecule has 3 heteroatoms. The molecule has 2 rings (SSSR count). The molecule has 1 saturated heterocycles. The molecule has 1 heterocycles. The first-order valence-electron chi connectivity index (χ1n) is 6.85. The van der Waals surface area contributed by atoms with Crippen LogP contribution in [0.15, 0.2) is 30.3 Å². The summed E-state index contributed by atoms with van der Waals surface area (Å²) in [7, 11) is 0. The highest BCUT2D eigenvalue weighted by Crippen LogP contribution is 2.18.